The van der Waals surface area contributed by atoms with Gasteiger partial charge in [0.1, 0.15) is 0 Å². The van der Waals surface area contributed by atoms with E-state index >= 15 is 0 Å². The van der Waals surface area contributed by atoms with Gasteiger partial charge in [0.25, 0.3) is 5.91 Å². The minimum Gasteiger partial charge on any atom is -0.359 e. The summed E-state index contributed by atoms with van der Waals surface area (Å²) in [6, 6.07) is 0. The number of halogens is 1. The summed E-state index contributed by atoms with van der Waals surface area (Å²) in [4.78, 5) is 24.2. The second-order valence-corrected chi connectivity index (χ2v) is 3.71. The highest BCUT2D eigenvalue weighted by Gasteiger charge is 2.30. The molecule has 0 bridgehead atoms. The molecule has 0 aromatic carbocycles. The Labute approximate surface area is 87.9 Å². The fourth-order valence-electron chi connectivity index (χ4n) is 1.53. The summed E-state index contributed by atoms with van der Waals surface area (Å²) in [5.74, 6) is -0.418. The summed E-state index contributed by atoms with van der Waals surface area (Å²) in [7, 11) is 1.59. The number of nitrogens with one attached hydrogen (secondary N) is 1. The van der Waals surface area contributed by atoms with E-state index in [4.69, 9.17) is 11.6 Å². The Morgan fingerprint density at radius 2 is 2.21 bits per heavy atom. The van der Waals surface area contributed by atoms with Crippen LogP contribution in [-0.4, -0.2) is 36.9 Å². The van der Waals surface area contributed by atoms with Crippen LogP contribution in [0.25, 0.3) is 0 Å². The third-order valence-corrected chi connectivity index (χ3v) is 2.49. The van der Waals surface area contributed by atoms with Crippen molar-refractivity contribution >= 4 is 23.4 Å². The molecular weight excluding hydrogens is 204 g/mol. The van der Waals surface area contributed by atoms with Gasteiger partial charge < -0.3 is 10.2 Å². The molecule has 0 aliphatic carbocycles. The highest BCUT2D eigenvalue weighted by atomic mass is 35.5. The Morgan fingerprint density at radius 3 is 2.71 bits per heavy atom. The van der Waals surface area contributed by atoms with E-state index in [1.807, 2.05) is 0 Å². The Balaban J connectivity index is 2.53. The minimum absolute atomic E-state index is 0.00237. The smallest absolute Gasteiger partial charge is 0.264 e. The normalized spacial score (nSPS) is 20.7. The van der Waals surface area contributed by atoms with Crippen molar-refractivity contribution in [2.45, 2.75) is 6.42 Å². The number of amides is 2. The van der Waals surface area contributed by atoms with E-state index < -0.39 is 0 Å². The van der Waals surface area contributed by atoms with Crippen molar-refractivity contribution in [2.24, 2.45) is 5.92 Å². The average molecular weight is 217 g/mol. The largest absolute Gasteiger partial charge is 0.359 e. The van der Waals surface area contributed by atoms with Gasteiger partial charge in [-0.05, 0) is 6.42 Å². The molecule has 4 nitrogen and oxygen atoms in total. The van der Waals surface area contributed by atoms with Crippen LogP contribution in [0.4, 0.5) is 0 Å². The van der Waals surface area contributed by atoms with Crippen LogP contribution in [0.5, 0.6) is 0 Å². The number of likely N-dealkylation sites (tertiary alicyclic amines) is 1. The fraction of sp³-hybridized carbons (Fsp3) is 0.556. The minimum atomic E-state index is -0.280. The number of nitrogens with zero attached hydrogens (tertiary/aromatic N) is 1. The molecule has 0 aromatic heterocycles. The molecule has 1 unspecified atom stereocenters. The first-order valence-electron chi connectivity index (χ1n) is 4.41. The molecule has 0 aromatic rings. The topological polar surface area (TPSA) is 49.4 Å². The molecule has 0 radical (unpaired) electrons. The molecule has 1 aliphatic rings. The monoisotopic (exact) mass is 216 g/mol. The standard InChI is InChI=1S/C9H13ClN2O2/c1-6(10)9(14)12-4-3-7(5-12)8(13)11-2/h7H,1,3-5H2,2H3,(H,11,13). The van der Waals surface area contributed by atoms with Crippen molar-refractivity contribution < 1.29 is 9.59 Å². The molecule has 5 heteroatoms. The molecule has 0 spiro atoms. The van der Waals surface area contributed by atoms with Crippen LogP contribution >= 0.6 is 11.6 Å². The average Bonchev–Trinajstić information content (AvgIpc) is 2.64. The van der Waals surface area contributed by atoms with Crippen LogP contribution in [0.3, 0.4) is 0 Å². The van der Waals surface area contributed by atoms with E-state index in [2.05, 4.69) is 11.9 Å². The SMILES string of the molecule is C=C(Cl)C(=O)N1CCC(C(=O)NC)C1. The van der Waals surface area contributed by atoms with Crippen LogP contribution in [0.15, 0.2) is 11.6 Å². The number of carbonyl (C=O) groups excluding carboxylic acids is 2. The van der Waals surface area contributed by atoms with Gasteiger partial charge in [0, 0.05) is 20.1 Å². The Morgan fingerprint density at radius 1 is 1.57 bits per heavy atom. The zero-order valence-electron chi connectivity index (χ0n) is 8.05. The van der Waals surface area contributed by atoms with Gasteiger partial charge in [-0.15, -0.1) is 0 Å². The Hall–Kier alpha value is -1.03. The lowest BCUT2D eigenvalue weighted by atomic mass is 10.1. The Bertz CT molecular complexity index is 278. The van der Waals surface area contributed by atoms with Gasteiger partial charge in [0.2, 0.25) is 5.91 Å². The van der Waals surface area contributed by atoms with Crippen molar-refractivity contribution in [3.8, 4) is 0 Å². The summed E-state index contributed by atoms with van der Waals surface area (Å²) in [6.07, 6.45) is 0.690. The molecule has 1 rings (SSSR count). The maximum atomic E-state index is 11.4. The molecule has 78 valence electrons. The zero-order chi connectivity index (χ0) is 10.7. The highest BCUT2D eigenvalue weighted by Crippen LogP contribution is 2.18. The molecule has 2 amide bonds. The van der Waals surface area contributed by atoms with Gasteiger partial charge in [-0.3, -0.25) is 9.59 Å². The number of hydrogen-bond donors (Lipinski definition) is 1. The molecule has 14 heavy (non-hydrogen) atoms. The maximum Gasteiger partial charge on any atom is 0.264 e. The van der Waals surface area contributed by atoms with Crippen molar-refractivity contribution in [3.63, 3.8) is 0 Å². The lowest BCUT2D eigenvalue weighted by Gasteiger charge is -2.14. The van der Waals surface area contributed by atoms with Crippen LogP contribution in [0.1, 0.15) is 6.42 Å². The molecule has 1 aliphatic heterocycles. The van der Waals surface area contributed by atoms with Crippen LogP contribution < -0.4 is 5.32 Å². The van der Waals surface area contributed by atoms with Crippen molar-refractivity contribution in [3.05, 3.63) is 11.6 Å². The van der Waals surface area contributed by atoms with E-state index in [0.717, 1.165) is 0 Å². The molecule has 1 fully saturated rings. The third kappa shape index (κ3) is 2.26. The predicted molar refractivity (Wildman–Crippen MR) is 53.7 cm³/mol. The van der Waals surface area contributed by atoms with Gasteiger partial charge in [-0.2, -0.15) is 0 Å². The first kappa shape index (κ1) is 11.0. The fourth-order valence-corrected chi connectivity index (χ4v) is 1.65. The predicted octanol–water partition coefficient (Wildman–Crippen LogP) is 0.333. The number of hydrogen-bond acceptors (Lipinski definition) is 2. The lowest BCUT2D eigenvalue weighted by molar-refractivity contribution is -0.126. The lowest BCUT2D eigenvalue weighted by Crippen LogP contribution is -2.32. The summed E-state index contributed by atoms with van der Waals surface area (Å²) < 4.78 is 0. The molecule has 1 heterocycles. The number of rotatable bonds is 2. The molecular formula is C9H13ClN2O2. The summed E-state index contributed by atoms with van der Waals surface area (Å²) in [6.45, 7) is 4.37. The van der Waals surface area contributed by atoms with Crippen molar-refractivity contribution in [1.29, 1.82) is 0 Å². The summed E-state index contributed by atoms with van der Waals surface area (Å²) in [5.41, 5.74) is 0. The van der Waals surface area contributed by atoms with Gasteiger partial charge in [0.15, 0.2) is 0 Å². The van der Waals surface area contributed by atoms with E-state index in [9.17, 15) is 9.59 Å². The van der Waals surface area contributed by atoms with E-state index in [-0.39, 0.29) is 22.8 Å². The molecule has 1 N–H and O–H groups in total. The second kappa shape index (κ2) is 4.46. The number of carbonyl (C=O) groups is 2. The van der Waals surface area contributed by atoms with E-state index in [1.54, 1.807) is 11.9 Å². The first-order chi connectivity index (χ1) is 6.56. The third-order valence-electron chi connectivity index (χ3n) is 2.32. The van der Waals surface area contributed by atoms with Crippen molar-refractivity contribution in [1.82, 2.24) is 10.2 Å². The maximum absolute atomic E-state index is 11.4. The van der Waals surface area contributed by atoms with Gasteiger partial charge in [-0.25, -0.2) is 0 Å². The summed E-state index contributed by atoms with van der Waals surface area (Å²) >= 11 is 5.48. The van der Waals surface area contributed by atoms with Gasteiger partial charge >= 0.3 is 0 Å². The van der Waals surface area contributed by atoms with Gasteiger partial charge in [0.05, 0.1) is 11.0 Å². The molecule has 1 saturated heterocycles. The second-order valence-electron chi connectivity index (χ2n) is 3.26. The van der Waals surface area contributed by atoms with Crippen LogP contribution in [0.2, 0.25) is 0 Å². The van der Waals surface area contributed by atoms with Crippen LogP contribution in [0, 0.1) is 5.92 Å². The molecule has 1 atom stereocenters. The highest BCUT2D eigenvalue weighted by molar-refractivity contribution is 6.41. The zero-order valence-corrected chi connectivity index (χ0v) is 8.80. The van der Waals surface area contributed by atoms with E-state index in [0.29, 0.717) is 19.5 Å². The van der Waals surface area contributed by atoms with Crippen molar-refractivity contribution in [2.75, 3.05) is 20.1 Å². The first-order valence-corrected chi connectivity index (χ1v) is 4.79. The summed E-state index contributed by atoms with van der Waals surface area (Å²) in [5, 5.41) is 2.57. The van der Waals surface area contributed by atoms with E-state index in [1.165, 1.54) is 0 Å². The van der Waals surface area contributed by atoms with Crippen LogP contribution in [-0.2, 0) is 9.59 Å². The quantitative estimate of drug-likeness (QED) is 0.677. The molecule has 0 saturated carbocycles. The Kier molecular flexibility index (Phi) is 3.52. The van der Waals surface area contributed by atoms with Gasteiger partial charge in [-0.1, -0.05) is 18.2 Å².